The van der Waals surface area contributed by atoms with Gasteiger partial charge in [-0.1, -0.05) is 20.8 Å². The van der Waals surface area contributed by atoms with E-state index in [0.29, 0.717) is 6.42 Å². The van der Waals surface area contributed by atoms with Crippen molar-refractivity contribution in [3.63, 3.8) is 0 Å². The van der Waals surface area contributed by atoms with E-state index in [4.69, 9.17) is 5.26 Å². The number of hydrogen-bond donors (Lipinski definition) is 0. The summed E-state index contributed by atoms with van der Waals surface area (Å²) in [5.41, 5.74) is 0. The van der Waals surface area contributed by atoms with Crippen molar-refractivity contribution in [2.45, 2.75) is 27.2 Å². The lowest BCUT2D eigenvalue weighted by atomic mass is 9.95. The van der Waals surface area contributed by atoms with Crippen LogP contribution in [0.1, 0.15) is 27.2 Å². The van der Waals surface area contributed by atoms with Crippen molar-refractivity contribution < 1.29 is 4.79 Å². The van der Waals surface area contributed by atoms with E-state index in [-0.39, 0.29) is 17.6 Å². The molecule has 0 N–H and O–H groups in total. The number of rotatable bonds is 3. The molecule has 0 amide bonds. The molecular formula is C8H13NO. The predicted octanol–water partition coefficient (Wildman–Crippen LogP) is 1.76. The molecule has 0 bridgehead atoms. The third kappa shape index (κ3) is 2.18. The van der Waals surface area contributed by atoms with E-state index in [0.717, 1.165) is 0 Å². The van der Waals surface area contributed by atoms with Crippen LogP contribution in [0.4, 0.5) is 0 Å². The van der Waals surface area contributed by atoms with Gasteiger partial charge in [0.2, 0.25) is 0 Å². The van der Waals surface area contributed by atoms with Crippen LogP contribution >= 0.6 is 0 Å². The van der Waals surface area contributed by atoms with Crippen molar-refractivity contribution in [1.82, 2.24) is 0 Å². The Hall–Kier alpha value is -0.840. The third-order valence-electron chi connectivity index (χ3n) is 1.48. The Labute approximate surface area is 61.8 Å². The second kappa shape index (κ2) is 4.05. The maximum absolute atomic E-state index is 11.1. The van der Waals surface area contributed by atoms with Gasteiger partial charge in [0.25, 0.3) is 0 Å². The second-order valence-corrected chi connectivity index (χ2v) is 2.65. The van der Waals surface area contributed by atoms with Crippen LogP contribution < -0.4 is 0 Å². The van der Waals surface area contributed by atoms with Gasteiger partial charge in [-0.2, -0.15) is 5.26 Å². The monoisotopic (exact) mass is 139 g/mol. The van der Waals surface area contributed by atoms with E-state index in [1.165, 1.54) is 0 Å². The van der Waals surface area contributed by atoms with Crippen molar-refractivity contribution in [3.05, 3.63) is 0 Å². The Bertz CT molecular complexity index is 155. The van der Waals surface area contributed by atoms with Crippen LogP contribution in [-0.4, -0.2) is 5.78 Å². The molecule has 0 aliphatic heterocycles. The quantitative estimate of drug-likeness (QED) is 0.597. The number of carbonyl (C=O) groups excluding carboxylic acids is 1. The average molecular weight is 139 g/mol. The van der Waals surface area contributed by atoms with E-state index in [9.17, 15) is 4.79 Å². The molecule has 0 saturated heterocycles. The molecule has 0 radical (unpaired) electrons. The van der Waals surface area contributed by atoms with Crippen LogP contribution in [0.25, 0.3) is 0 Å². The first kappa shape index (κ1) is 9.16. The fourth-order valence-corrected chi connectivity index (χ4v) is 0.758. The molecule has 0 spiro atoms. The lowest BCUT2D eigenvalue weighted by molar-refractivity contribution is -0.124. The Morgan fingerprint density at radius 2 is 2.10 bits per heavy atom. The van der Waals surface area contributed by atoms with Gasteiger partial charge in [0.15, 0.2) is 5.78 Å². The van der Waals surface area contributed by atoms with Gasteiger partial charge in [-0.05, 0) is 6.42 Å². The molecule has 0 aromatic heterocycles. The van der Waals surface area contributed by atoms with Gasteiger partial charge in [-0.25, -0.2) is 0 Å². The van der Waals surface area contributed by atoms with Crippen LogP contribution in [0.5, 0.6) is 0 Å². The lowest BCUT2D eigenvalue weighted by Gasteiger charge is -2.06. The molecule has 1 atom stereocenters. The Morgan fingerprint density at radius 1 is 1.60 bits per heavy atom. The summed E-state index contributed by atoms with van der Waals surface area (Å²) in [4.78, 5) is 11.1. The number of carbonyl (C=O) groups is 1. The van der Waals surface area contributed by atoms with Crippen LogP contribution in [0.3, 0.4) is 0 Å². The fourth-order valence-electron chi connectivity index (χ4n) is 0.758. The molecule has 2 heteroatoms. The zero-order chi connectivity index (χ0) is 8.15. The first-order valence-electron chi connectivity index (χ1n) is 3.56. The van der Waals surface area contributed by atoms with Gasteiger partial charge < -0.3 is 0 Å². The van der Waals surface area contributed by atoms with Gasteiger partial charge >= 0.3 is 0 Å². The third-order valence-corrected chi connectivity index (χ3v) is 1.48. The number of Topliss-reactive ketones (excluding diaryl/α,β-unsaturated/α-hetero) is 1. The summed E-state index contributed by atoms with van der Waals surface area (Å²) in [6.07, 6.45) is 0.632. The van der Waals surface area contributed by atoms with Crippen LogP contribution in [0.15, 0.2) is 0 Å². The zero-order valence-corrected chi connectivity index (χ0v) is 6.72. The summed E-state index contributed by atoms with van der Waals surface area (Å²) < 4.78 is 0. The minimum Gasteiger partial charge on any atom is -0.298 e. The summed E-state index contributed by atoms with van der Waals surface area (Å²) in [7, 11) is 0. The zero-order valence-electron chi connectivity index (χ0n) is 6.72. The molecule has 0 rings (SSSR count). The molecule has 10 heavy (non-hydrogen) atoms. The highest BCUT2D eigenvalue weighted by atomic mass is 16.1. The Kier molecular flexibility index (Phi) is 3.71. The average Bonchev–Trinajstić information content (AvgIpc) is 1.90. The fraction of sp³-hybridized carbons (Fsp3) is 0.750. The molecule has 56 valence electrons. The van der Waals surface area contributed by atoms with Crippen molar-refractivity contribution in [2.24, 2.45) is 11.8 Å². The van der Waals surface area contributed by atoms with Crippen LogP contribution in [0, 0.1) is 23.2 Å². The lowest BCUT2D eigenvalue weighted by Crippen LogP contribution is -2.17. The van der Waals surface area contributed by atoms with E-state index in [2.05, 4.69) is 0 Å². The van der Waals surface area contributed by atoms with Crippen LogP contribution in [-0.2, 0) is 4.79 Å². The number of nitrogens with zero attached hydrogens (tertiary/aromatic N) is 1. The largest absolute Gasteiger partial charge is 0.298 e. The first-order chi connectivity index (χ1) is 4.63. The molecule has 2 nitrogen and oxygen atoms in total. The van der Waals surface area contributed by atoms with Crippen molar-refractivity contribution >= 4 is 5.78 Å². The van der Waals surface area contributed by atoms with Gasteiger partial charge in [-0.15, -0.1) is 0 Å². The standard InChI is InChI=1S/C8H13NO/c1-4-7(5-9)8(10)6(2)3/h6-7H,4H2,1-3H3. The number of nitriles is 1. The molecule has 0 fully saturated rings. The van der Waals surface area contributed by atoms with E-state index < -0.39 is 0 Å². The highest BCUT2D eigenvalue weighted by molar-refractivity contribution is 5.84. The van der Waals surface area contributed by atoms with Gasteiger partial charge in [0, 0.05) is 5.92 Å². The predicted molar refractivity (Wildman–Crippen MR) is 39.2 cm³/mol. The van der Waals surface area contributed by atoms with Gasteiger partial charge in [0.05, 0.1) is 6.07 Å². The maximum atomic E-state index is 11.1. The normalized spacial score (nSPS) is 12.7. The van der Waals surface area contributed by atoms with Crippen molar-refractivity contribution in [2.75, 3.05) is 0 Å². The highest BCUT2D eigenvalue weighted by Crippen LogP contribution is 2.08. The minimum absolute atomic E-state index is 0.00963. The molecule has 0 saturated carbocycles. The summed E-state index contributed by atoms with van der Waals surface area (Å²) in [6.45, 7) is 5.50. The van der Waals surface area contributed by atoms with Gasteiger partial charge in [-0.3, -0.25) is 4.79 Å². The smallest absolute Gasteiger partial charge is 0.152 e. The molecule has 0 aromatic carbocycles. The number of ketones is 1. The van der Waals surface area contributed by atoms with E-state index in [1.807, 2.05) is 26.8 Å². The highest BCUT2D eigenvalue weighted by Gasteiger charge is 2.17. The van der Waals surface area contributed by atoms with Crippen LogP contribution in [0.2, 0.25) is 0 Å². The van der Waals surface area contributed by atoms with Crippen molar-refractivity contribution in [3.8, 4) is 6.07 Å². The molecule has 0 aromatic rings. The molecule has 1 unspecified atom stereocenters. The minimum atomic E-state index is -0.389. The summed E-state index contributed by atoms with van der Waals surface area (Å²) in [6, 6.07) is 1.98. The molecule has 0 heterocycles. The molecule has 0 aliphatic carbocycles. The maximum Gasteiger partial charge on any atom is 0.152 e. The SMILES string of the molecule is CCC(C#N)C(=O)C(C)C. The second-order valence-electron chi connectivity index (χ2n) is 2.65. The van der Waals surface area contributed by atoms with E-state index >= 15 is 0 Å². The molecule has 0 aliphatic rings. The molecular weight excluding hydrogens is 126 g/mol. The topological polar surface area (TPSA) is 40.9 Å². The first-order valence-corrected chi connectivity index (χ1v) is 3.56. The number of hydrogen-bond acceptors (Lipinski definition) is 2. The summed E-state index contributed by atoms with van der Waals surface area (Å²) in [5.74, 6) is -0.338. The Balaban J connectivity index is 4.06. The summed E-state index contributed by atoms with van der Waals surface area (Å²) >= 11 is 0. The van der Waals surface area contributed by atoms with Crippen molar-refractivity contribution in [1.29, 1.82) is 5.26 Å². The summed E-state index contributed by atoms with van der Waals surface area (Å²) in [5, 5.41) is 8.47. The van der Waals surface area contributed by atoms with E-state index in [1.54, 1.807) is 0 Å². The van der Waals surface area contributed by atoms with Gasteiger partial charge in [0.1, 0.15) is 5.92 Å². The Morgan fingerprint density at radius 3 is 2.20 bits per heavy atom.